The smallest absolute Gasteiger partial charge is 0.311 e. The lowest BCUT2D eigenvalue weighted by molar-refractivity contribution is -0.385. The molecule has 2 heterocycles. The number of aryl methyl sites for hydroxylation is 1. The molecule has 1 aromatic rings. The van der Waals surface area contributed by atoms with E-state index in [-0.39, 0.29) is 10.6 Å². The van der Waals surface area contributed by atoms with Gasteiger partial charge in [0, 0.05) is 44.0 Å². The molecule has 6 nitrogen and oxygen atoms in total. The monoisotopic (exact) mass is 305 g/mol. The zero-order chi connectivity index (χ0) is 15.9. The lowest BCUT2D eigenvalue weighted by Gasteiger charge is -2.53. The number of nitro groups is 1. The number of nitrogens with zero attached hydrogens (tertiary/aromatic N) is 3. The van der Waals surface area contributed by atoms with Crippen LogP contribution in [0.3, 0.4) is 0 Å². The highest BCUT2D eigenvalue weighted by molar-refractivity contribution is 5.64. The van der Waals surface area contributed by atoms with Gasteiger partial charge in [0.05, 0.1) is 12.0 Å². The van der Waals surface area contributed by atoms with Crippen molar-refractivity contribution >= 4 is 11.4 Å². The molecular formula is C16H23N3O3. The average molecular weight is 305 g/mol. The van der Waals surface area contributed by atoms with E-state index in [1.165, 1.54) is 33.0 Å². The van der Waals surface area contributed by atoms with Gasteiger partial charge in [-0.05, 0) is 37.8 Å². The van der Waals surface area contributed by atoms with Crippen LogP contribution < -0.4 is 9.64 Å². The fourth-order valence-corrected chi connectivity index (χ4v) is 3.95. The van der Waals surface area contributed by atoms with Crippen LogP contribution in [0.5, 0.6) is 5.75 Å². The highest BCUT2D eigenvalue weighted by Crippen LogP contribution is 2.42. The zero-order valence-electron chi connectivity index (χ0n) is 13.5. The minimum absolute atomic E-state index is 0.0397. The van der Waals surface area contributed by atoms with Crippen molar-refractivity contribution < 1.29 is 9.66 Å². The summed E-state index contributed by atoms with van der Waals surface area (Å²) in [4.78, 5) is 15.4. The maximum absolute atomic E-state index is 11.1. The summed E-state index contributed by atoms with van der Waals surface area (Å²) in [5.74, 6) is 0.342. The molecule has 0 aromatic heterocycles. The molecule has 6 heteroatoms. The third-order valence-corrected chi connectivity index (χ3v) is 5.07. The van der Waals surface area contributed by atoms with Crippen LogP contribution in [-0.2, 0) is 0 Å². The molecule has 2 aliphatic heterocycles. The van der Waals surface area contributed by atoms with E-state index in [2.05, 4.69) is 16.8 Å². The van der Waals surface area contributed by atoms with Crippen LogP contribution in [0.15, 0.2) is 12.1 Å². The van der Waals surface area contributed by atoms with Crippen molar-refractivity contribution in [2.45, 2.75) is 19.8 Å². The first kappa shape index (κ1) is 15.1. The average Bonchev–Trinajstić information content (AvgIpc) is 2.46. The van der Waals surface area contributed by atoms with Gasteiger partial charge >= 0.3 is 5.69 Å². The van der Waals surface area contributed by atoms with Crippen molar-refractivity contribution in [3.63, 3.8) is 0 Å². The summed E-state index contributed by atoms with van der Waals surface area (Å²) < 4.78 is 5.21. The SMILES string of the molecule is COc1cc(N2CCC3(CC2)CN(C)C3)c(C)cc1[N+](=O)[O-]. The van der Waals surface area contributed by atoms with Crippen LogP contribution in [-0.4, -0.2) is 50.2 Å². The van der Waals surface area contributed by atoms with Gasteiger partial charge in [-0.25, -0.2) is 0 Å². The Morgan fingerprint density at radius 1 is 1.27 bits per heavy atom. The predicted molar refractivity (Wildman–Crippen MR) is 85.8 cm³/mol. The summed E-state index contributed by atoms with van der Waals surface area (Å²) in [6.07, 6.45) is 2.38. The Bertz CT molecular complexity index is 587. The summed E-state index contributed by atoms with van der Waals surface area (Å²) in [6.45, 7) is 6.35. The molecule has 22 heavy (non-hydrogen) atoms. The third kappa shape index (κ3) is 2.52. The Morgan fingerprint density at radius 3 is 2.41 bits per heavy atom. The van der Waals surface area contributed by atoms with E-state index in [0.29, 0.717) is 11.2 Å². The molecule has 1 aromatic carbocycles. The van der Waals surface area contributed by atoms with Crippen molar-refractivity contribution in [3.05, 3.63) is 27.8 Å². The number of anilines is 1. The number of hydrogen-bond donors (Lipinski definition) is 0. The molecule has 0 amide bonds. The number of piperidine rings is 1. The molecule has 0 saturated carbocycles. The van der Waals surface area contributed by atoms with Gasteiger partial charge in [0.2, 0.25) is 0 Å². The molecule has 2 saturated heterocycles. The number of ether oxygens (including phenoxy) is 1. The van der Waals surface area contributed by atoms with Crippen LogP contribution in [0, 0.1) is 22.5 Å². The molecule has 0 unspecified atom stereocenters. The van der Waals surface area contributed by atoms with Crippen molar-refractivity contribution in [2.24, 2.45) is 5.41 Å². The van der Waals surface area contributed by atoms with Gasteiger partial charge in [-0.3, -0.25) is 10.1 Å². The number of likely N-dealkylation sites (tertiary alicyclic amines) is 1. The molecule has 0 bridgehead atoms. The van der Waals surface area contributed by atoms with Crippen LogP contribution in [0.1, 0.15) is 18.4 Å². The van der Waals surface area contributed by atoms with E-state index in [4.69, 9.17) is 4.74 Å². The number of nitro benzene ring substituents is 1. The Hall–Kier alpha value is -1.82. The largest absolute Gasteiger partial charge is 0.490 e. The Balaban J connectivity index is 1.79. The fraction of sp³-hybridized carbons (Fsp3) is 0.625. The Labute approximate surface area is 130 Å². The highest BCUT2D eigenvalue weighted by atomic mass is 16.6. The van der Waals surface area contributed by atoms with E-state index in [0.717, 1.165) is 24.3 Å². The van der Waals surface area contributed by atoms with E-state index >= 15 is 0 Å². The Morgan fingerprint density at radius 2 is 1.91 bits per heavy atom. The van der Waals surface area contributed by atoms with Crippen molar-refractivity contribution in [3.8, 4) is 5.75 Å². The van der Waals surface area contributed by atoms with Crippen LogP contribution in [0.25, 0.3) is 0 Å². The first-order valence-corrected chi connectivity index (χ1v) is 7.71. The van der Waals surface area contributed by atoms with E-state index in [9.17, 15) is 10.1 Å². The maximum atomic E-state index is 11.1. The van der Waals surface area contributed by atoms with Gasteiger partial charge < -0.3 is 14.5 Å². The quantitative estimate of drug-likeness (QED) is 0.634. The molecule has 0 N–H and O–H groups in total. The lowest BCUT2D eigenvalue weighted by Crippen LogP contribution is -2.58. The molecule has 120 valence electrons. The second-order valence-corrected chi connectivity index (χ2v) is 6.73. The van der Waals surface area contributed by atoms with Gasteiger partial charge in [0.1, 0.15) is 0 Å². The summed E-state index contributed by atoms with van der Waals surface area (Å²) in [6, 6.07) is 3.44. The molecule has 0 radical (unpaired) electrons. The molecule has 0 atom stereocenters. The van der Waals surface area contributed by atoms with Crippen LogP contribution in [0.2, 0.25) is 0 Å². The third-order valence-electron chi connectivity index (χ3n) is 5.07. The molecular weight excluding hydrogens is 282 g/mol. The minimum Gasteiger partial charge on any atom is -0.490 e. The molecule has 1 spiro atoms. The van der Waals surface area contributed by atoms with Gasteiger partial charge in [0.15, 0.2) is 5.75 Å². The molecule has 3 rings (SSSR count). The van der Waals surface area contributed by atoms with E-state index in [1.54, 1.807) is 6.07 Å². The van der Waals surface area contributed by atoms with Crippen molar-refractivity contribution in [2.75, 3.05) is 45.2 Å². The van der Waals surface area contributed by atoms with Crippen molar-refractivity contribution in [1.29, 1.82) is 0 Å². The minimum atomic E-state index is -0.384. The topological polar surface area (TPSA) is 58.8 Å². The predicted octanol–water partition coefficient (Wildman–Crippen LogP) is 2.44. The molecule has 0 aliphatic carbocycles. The second kappa shape index (κ2) is 5.43. The molecule has 2 fully saturated rings. The first-order valence-electron chi connectivity index (χ1n) is 7.71. The standard InChI is InChI=1S/C16H23N3O3/c1-12-8-14(19(20)21)15(22-3)9-13(12)18-6-4-16(5-7-18)10-17(2)11-16/h8-9H,4-7,10-11H2,1-3H3. The normalized spacial score (nSPS) is 20.8. The van der Waals surface area contributed by atoms with Crippen LogP contribution in [0.4, 0.5) is 11.4 Å². The van der Waals surface area contributed by atoms with Crippen molar-refractivity contribution in [1.82, 2.24) is 4.90 Å². The Kier molecular flexibility index (Phi) is 3.72. The summed E-state index contributed by atoms with van der Waals surface area (Å²) in [7, 11) is 3.65. The van der Waals surface area contributed by atoms with Crippen LogP contribution >= 0.6 is 0 Å². The number of benzene rings is 1. The van der Waals surface area contributed by atoms with Gasteiger partial charge in [0.25, 0.3) is 0 Å². The zero-order valence-corrected chi connectivity index (χ0v) is 13.5. The lowest BCUT2D eigenvalue weighted by atomic mass is 9.72. The first-order chi connectivity index (χ1) is 10.4. The van der Waals surface area contributed by atoms with Gasteiger partial charge in [-0.1, -0.05) is 0 Å². The summed E-state index contributed by atoms with van der Waals surface area (Å²) in [5, 5.41) is 11.1. The summed E-state index contributed by atoms with van der Waals surface area (Å²) in [5.41, 5.74) is 2.54. The second-order valence-electron chi connectivity index (χ2n) is 6.73. The van der Waals surface area contributed by atoms with E-state index in [1.807, 2.05) is 13.0 Å². The van der Waals surface area contributed by atoms with E-state index < -0.39 is 0 Å². The van der Waals surface area contributed by atoms with Gasteiger partial charge in [-0.2, -0.15) is 0 Å². The molecule has 2 aliphatic rings. The van der Waals surface area contributed by atoms with Gasteiger partial charge in [-0.15, -0.1) is 0 Å². The number of methoxy groups -OCH3 is 1. The summed E-state index contributed by atoms with van der Waals surface area (Å²) >= 11 is 0. The highest BCUT2D eigenvalue weighted by Gasteiger charge is 2.43. The number of rotatable bonds is 3. The fourth-order valence-electron chi connectivity index (χ4n) is 3.95. The maximum Gasteiger partial charge on any atom is 0.311 e. The number of hydrogen-bond acceptors (Lipinski definition) is 5.